The number of hydrogen-bond acceptors (Lipinski definition) is 3. The zero-order chi connectivity index (χ0) is 18.8. The van der Waals surface area contributed by atoms with E-state index in [1.54, 1.807) is 0 Å². The number of nitrogens with one attached hydrogen (secondary N) is 1. The van der Waals surface area contributed by atoms with Gasteiger partial charge < -0.3 is 15.1 Å². The highest BCUT2D eigenvalue weighted by Crippen LogP contribution is 2.03. The molecule has 140 valence electrons. The summed E-state index contributed by atoms with van der Waals surface area (Å²) in [6.07, 6.45) is 0. The van der Waals surface area contributed by atoms with E-state index in [1.165, 1.54) is 6.54 Å². The number of benzene rings is 1. The fourth-order valence-electron chi connectivity index (χ4n) is 2.08. The van der Waals surface area contributed by atoms with Gasteiger partial charge in [0.2, 0.25) is 0 Å². The lowest BCUT2D eigenvalue weighted by Gasteiger charge is -2.18. The Bertz CT molecular complexity index is 374. The van der Waals surface area contributed by atoms with Gasteiger partial charge in [-0.25, -0.2) is 0 Å². The summed E-state index contributed by atoms with van der Waals surface area (Å²) in [5, 5.41) is 3.13. The second kappa shape index (κ2) is 18.0. The summed E-state index contributed by atoms with van der Waals surface area (Å²) in [7, 11) is 1.99. The summed E-state index contributed by atoms with van der Waals surface area (Å²) in [5.41, 5.74) is 0.770. The maximum Gasteiger partial charge on any atom is 0.253 e. The normalized spacial score (nSPS) is 9.50. The number of likely N-dealkylation sites (N-methyl/N-ethyl adjacent to an activating group) is 2. The summed E-state index contributed by atoms with van der Waals surface area (Å²) in [6.45, 7) is 18.5. The average molecular weight is 338 g/mol. The van der Waals surface area contributed by atoms with E-state index in [-0.39, 0.29) is 5.91 Å². The Balaban J connectivity index is 0. The molecule has 1 aromatic carbocycles. The second-order valence-electron chi connectivity index (χ2n) is 4.97. The van der Waals surface area contributed by atoms with Gasteiger partial charge in [-0.1, -0.05) is 45.9 Å². The molecule has 0 aliphatic rings. The summed E-state index contributed by atoms with van der Waals surface area (Å²) < 4.78 is 0. The van der Waals surface area contributed by atoms with Crippen molar-refractivity contribution in [3.05, 3.63) is 35.9 Å². The van der Waals surface area contributed by atoms with Gasteiger partial charge in [-0.15, -0.1) is 0 Å². The molecule has 0 aliphatic heterocycles. The van der Waals surface area contributed by atoms with Crippen molar-refractivity contribution in [1.82, 2.24) is 15.1 Å². The van der Waals surface area contributed by atoms with E-state index in [4.69, 9.17) is 0 Å². The minimum Gasteiger partial charge on any atom is -0.339 e. The molecule has 0 radical (unpaired) electrons. The van der Waals surface area contributed by atoms with Crippen LogP contribution in [0.15, 0.2) is 30.3 Å². The molecule has 0 bridgehead atoms. The summed E-state index contributed by atoms with van der Waals surface area (Å²) in [6, 6.07) is 9.38. The molecule has 0 atom stereocenters. The largest absolute Gasteiger partial charge is 0.339 e. The molecular formula is C20H39N3O. The van der Waals surface area contributed by atoms with E-state index in [2.05, 4.69) is 24.1 Å². The van der Waals surface area contributed by atoms with Crippen LogP contribution in [0.4, 0.5) is 0 Å². The highest BCUT2D eigenvalue weighted by molar-refractivity contribution is 5.94. The Kier molecular flexibility index (Phi) is 18.6. The molecule has 0 aliphatic carbocycles. The predicted molar refractivity (Wildman–Crippen MR) is 107 cm³/mol. The first-order chi connectivity index (χ1) is 11.6. The zero-order valence-electron chi connectivity index (χ0n) is 16.9. The Hall–Kier alpha value is -1.39. The molecule has 4 nitrogen and oxygen atoms in total. The molecule has 0 spiro atoms. The third-order valence-corrected chi connectivity index (χ3v) is 3.64. The van der Waals surface area contributed by atoms with Crippen LogP contribution in [0.1, 0.15) is 51.9 Å². The quantitative estimate of drug-likeness (QED) is 0.785. The number of carbonyl (C=O) groups excluding carboxylic acids is 1. The van der Waals surface area contributed by atoms with Crippen LogP contribution in [0, 0.1) is 0 Å². The van der Waals surface area contributed by atoms with Gasteiger partial charge in [-0.2, -0.15) is 0 Å². The summed E-state index contributed by atoms with van der Waals surface area (Å²) in [4.78, 5) is 15.9. The van der Waals surface area contributed by atoms with E-state index in [1.807, 2.05) is 70.0 Å². The molecule has 1 rings (SSSR count). The monoisotopic (exact) mass is 337 g/mol. The highest BCUT2D eigenvalue weighted by Gasteiger charge is 2.10. The van der Waals surface area contributed by atoms with Gasteiger partial charge >= 0.3 is 0 Å². The molecule has 24 heavy (non-hydrogen) atoms. The topological polar surface area (TPSA) is 35.6 Å². The SMILES string of the molecule is CC.CCN(CC)C(=O)c1ccccc1.CCN(CC)CCNC. The van der Waals surface area contributed by atoms with Gasteiger partial charge in [0.1, 0.15) is 0 Å². The smallest absolute Gasteiger partial charge is 0.253 e. The van der Waals surface area contributed by atoms with E-state index in [0.717, 1.165) is 38.3 Å². The highest BCUT2D eigenvalue weighted by atomic mass is 16.2. The van der Waals surface area contributed by atoms with Crippen LogP contribution < -0.4 is 5.32 Å². The summed E-state index contributed by atoms with van der Waals surface area (Å²) in [5.74, 6) is 0.116. The fraction of sp³-hybridized carbons (Fsp3) is 0.650. The van der Waals surface area contributed by atoms with Crippen molar-refractivity contribution < 1.29 is 4.79 Å². The van der Waals surface area contributed by atoms with Crippen molar-refractivity contribution in [2.45, 2.75) is 41.5 Å². The van der Waals surface area contributed by atoms with Crippen molar-refractivity contribution in [3.63, 3.8) is 0 Å². The van der Waals surface area contributed by atoms with Gasteiger partial charge in [-0.05, 0) is 46.1 Å². The maximum absolute atomic E-state index is 11.7. The van der Waals surface area contributed by atoms with Crippen LogP contribution in [-0.4, -0.2) is 62.0 Å². The molecule has 0 unspecified atom stereocenters. The minimum atomic E-state index is 0.116. The lowest BCUT2D eigenvalue weighted by atomic mass is 10.2. The van der Waals surface area contributed by atoms with Gasteiger partial charge in [0.25, 0.3) is 5.91 Å². The van der Waals surface area contributed by atoms with E-state index in [0.29, 0.717) is 0 Å². The van der Waals surface area contributed by atoms with Gasteiger partial charge in [-0.3, -0.25) is 4.79 Å². The Morgan fingerprint density at radius 3 is 1.79 bits per heavy atom. The van der Waals surface area contributed by atoms with Gasteiger partial charge in [0.05, 0.1) is 0 Å². The van der Waals surface area contributed by atoms with E-state index < -0.39 is 0 Å². The maximum atomic E-state index is 11.7. The lowest BCUT2D eigenvalue weighted by Crippen LogP contribution is -2.30. The van der Waals surface area contributed by atoms with Crippen molar-refractivity contribution in [2.24, 2.45) is 0 Å². The Labute approximate surface area is 150 Å². The van der Waals surface area contributed by atoms with Crippen LogP contribution in [0.5, 0.6) is 0 Å². The van der Waals surface area contributed by atoms with Crippen LogP contribution in [0.25, 0.3) is 0 Å². The Morgan fingerprint density at radius 2 is 1.42 bits per heavy atom. The lowest BCUT2D eigenvalue weighted by molar-refractivity contribution is 0.0773. The van der Waals surface area contributed by atoms with Crippen molar-refractivity contribution in [3.8, 4) is 0 Å². The molecule has 0 aromatic heterocycles. The molecule has 4 heteroatoms. The van der Waals surface area contributed by atoms with E-state index in [9.17, 15) is 4.79 Å². The molecule has 1 aromatic rings. The third-order valence-electron chi connectivity index (χ3n) is 3.64. The number of hydrogen-bond donors (Lipinski definition) is 1. The first-order valence-electron chi connectivity index (χ1n) is 9.35. The molecule has 0 saturated heterocycles. The van der Waals surface area contributed by atoms with Crippen LogP contribution in [-0.2, 0) is 0 Å². The van der Waals surface area contributed by atoms with Crippen LogP contribution >= 0.6 is 0 Å². The van der Waals surface area contributed by atoms with Gasteiger partial charge in [0, 0.05) is 31.7 Å². The van der Waals surface area contributed by atoms with Crippen molar-refractivity contribution in [2.75, 3.05) is 46.3 Å². The second-order valence-corrected chi connectivity index (χ2v) is 4.97. The molecule has 0 saturated carbocycles. The zero-order valence-corrected chi connectivity index (χ0v) is 16.9. The van der Waals surface area contributed by atoms with Crippen LogP contribution in [0.3, 0.4) is 0 Å². The average Bonchev–Trinajstić information content (AvgIpc) is 2.66. The predicted octanol–water partition coefficient (Wildman–Crippen LogP) is 3.74. The number of nitrogens with zero attached hydrogens (tertiary/aromatic N) is 2. The number of rotatable bonds is 8. The molecule has 1 amide bonds. The summed E-state index contributed by atoms with van der Waals surface area (Å²) >= 11 is 0. The molecule has 0 fully saturated rings. The first kappa shape index (κ1) is 24.9. The molecule has 1 N–H and O–H groups in total. The van der Waals surface area contributed by atoms with Crippen molar-refractivity contribution >= 4 is 5.91 Å². The number of carbonyl (C=O) groups is 1. The van der Waals surface area contributed by atoms with Crippen LogP contribution in [0.2, 0.25) is 0 Å². The number of amides is 1. The van der Waals surface area contributed by atoms with Gasteiger partial charge in [0.15, 0.2) is 0 Å². The first-order valence-corrected chi connectivity index (χ1v) is 9.35. The van der Waals surface area contributed by atoms with Crippen molar-refractivity contribution in [1.29, 1.82) is 0 Å². The van der Waals surface area contributed by atoms with E-state index >= 15 is 0 Å². The fourth-order valence-corrected chi connectivity index (χ4v) is 2.08. The molecular weight excluding hydrogens is 298 g/mol. The minimum absolute atomic E-state index is 0.116. The molecule has 0 heterocycles. The Morgan fingerprint density at radius 1 is 0.917 bits per heavy atom. The standard InChI is InChI=1S/C11H15NO.C7H18N2.C2H6/c1-3-12(4-2)11(13)10-8-6-5-7-9-10;1-4-9(5-2)7-6-8-3;1-2/h5-9H,3-4H2,1-2H3;8H,4-7H2,1-3H3;1-2H3. The third kappa shape index (κ3) is 11.2.